The molecule has 0 spiro atoms. The summed E-state index contributed by atoms with van der Waals surface area (Å²) < 4.78 is 3.86. The third kappa shape index (κ3) is 5.60. The van der Waals surface area contributed by atoms with Gasteiger partial charge < -0.3 is 10.6 Å². The lowest BCUT2D eigenvalue weighted by atomic mass is 10.0. The minimum Gasteiger partial charge on any atom is -0.348 e. The highest BCUT2D eigenvalue weighted by atomic mass is 16.1. The molecule has 38 heavy (non-hydrogen) atoms. The van der Waals surface area contributed by atoms with E-state index >= 15 is 0 Å². The van der Waals surface area contributed by atoms with Gasteiger partial charge in [-0.15, -0.1) is 0 Å². The Kier molecular flexibility index (Phi) is 6.98. The maximum atomic E-state index is 12.6. The van der Waals surface area contributed by atoms with Crippen LogP contribution in [-0.2, 0) is 25.2 Å². The van der Waals surface area contributed by atoms with E-state index < -0.39 is 0 Å². The fraction of sp³-hybridized carbons (Fsp3) is 0.393. The molecule has 0 bridgehead atoms. The molecule has 1 aromatic carbocycles. The summed E-state index contributed by atoms with van der Waals surface area (Å²) in [6, 6.07) is 10.2. The van der Waals surface area contributed by atoms with Gasteiger partial charge in [-0.3, -0.25) is 19.1 Å². The Labute approximate surface area is 223 Å². The molecule has 0 unspecified atom stereocenters. The molecule has 0 saturated heterocycles. The summed E-state index contributed by atoms with van der Waals surface area (Å²) >= 11 is 0. The van der Waals surface area contributed by atoms with Crippen LogP contribution in [-0.4, -0.2) is 53.4 Å². The molecule has 2 N–H and O–H groups in total. The van der Waals surface area contributed by atoms with Crippen molar-refractivity contribution in [3.05, 3.63) is 71.4 Å². The first-order valence-electron chi connectivity index (χ1n) is 13.0. The van der Waals surface area contributed by atoms with E-state index in [1.54, 1.807) is 23.4 Å². The molecular formula is C28H35N9O. The third-order valence-corrected chi connectivity index (χ3v) is 6.86. The summed E-state index contributed by atoms with van der Waals surface area (Å²) in [5, 5.41) is 15.3. The second kappa shape index (κ2) is 10.4. The van der Waals surface area contributed by atoms with Crippen LogP contribution in [0.25, 0.3) is 11.3 Å². The number of hydrogen-bond acceptors (Lipinski definition) is 7. The van der Waals surface area contributed by atoms with E-state index in [2.05, 4.69) is 54.3 Å². The van der Waals surface area contributed by atoms with Gasteiger partial charge >= 0.3 is 0 Å². The van der Waals surface area contributed by atoms with Crippen molar-refractivity contribution in [2.24, 2.45) is 0 Å². The van der Waals surface area contributed by atoms with Gasteiger partial charge in [-0.1, -0.05) is 19.1 Å². The lowest BCUT2D eigenvalue weighted by Gasteiger charge is -2.25. The topological polar surface area (TPSA) is 106 Å². The number of carbonyl (C=O) groups excluding carboxylic acids is 1. The highest BCUT2D eigenvalue weighted by molar-refractivity contribution is 5.93. The summed E-state index contributed by atoms with van der Waals surface area (Å²) in [5.41, 5.74) is 5.50. The number of nitrogens with one attached hydrogen (secondary N) is 2. The number of carbonyl (C=O) groups is 1. The van der Waals surface area contributed by atoms with Crippen molar-refractivity contribution in [3.8, 4) is 11.3 Å². The number of aromatic nitrogens is 6. The number of nitrogens with zero attached hydrogens (tertiary/aromatic N) is 7. The van der Waals surface area contributed by atoms with Crippen LogP contribution in [0.2, 0.25) is 0 Å². The first kappa shape index (κ1) is 25.6. The van der Waals surface area contributed by atoms with Crippen LogP contribution in [0, 0.1) is 6.92 Å². The molecule has 4 heterocycles. The predicted molar refractivity (Wildman–Crippen MR) is 147 cm³/mol. The molecule has 0 saturated carbocycles. The van der Waals surface area contributed by atoms with Gasteiger partial charge in [-0.25, -0.2) is 9.97 Å². The van der Waals surface area contributed by atoms with E-state index in [1.807, 2.05) is 45.9 Å². The first-order valence-corrected chi connectivity index (χ1v) is 13.0. The maximum Gasteiger partial charge on any atom is 0.254 e. The Morgan fingerprint density at radius 3 is 2.66 bits per heavy atom. The minimum absolute atomic E-state index is 0.140. The molecule has 1 aliphatic heterocycles. The zero-order chi connectivity index (χ0) is 26.9. The number of hydrogen-bond donors (Lipinski definition) is 2. The Balaban J connectivity index is 1.24. The smallest absolute Gasteiger partial charge is 0.254 e. The molecular weight excluding hydrogens is 478 g/mol. The second-order valence-electron chi connectivity index (χ2n) is 10.7. The largest absolute Gasteiger partial charge is 0.348 e. The van der Waals surface area contributed by atoms with Crippen LogP contribution in [0.5, 0.6) is 0 Å². The summed E-state index contributed by atoms with van der Waals surface area (Å²) in [6.07, 6.45) is 4.95. The average Bonchev–Trinajstić information content (AvgIpc) is 3.55. The van der Waals surface area contributed by atoms with Crippen molar-refractivity contribution in [3.63, 3.8) is 0 Å². The predicted octanol–water partition coefficient (Wildman–Crippen LogP) is 4.11. The van der Waals surface area contributed by atoms with Gasteiger partial charge in [0.25, 0.3) is 5.91 Å². The number of fused-ring (bicyclic) bond motifs is 1. The fourth-order valence-electron chi connectivity index (χ4n) is 4.50. The van der Waals surface area contributed by atoms with Crippen LogP contribution in [0.1, 0.15) is 54.9 Å². The fourth-order valence-corrected chi connectivity index (χ4v) is 4.50. The van der Waals surface area contributed by atoms with Crippen molar-refractivity contribution in [1.29, 1.82) is 0 Å². The Morgan fingerprint density at radius 2 is 1.92 bits per heavy atom. The molecule has 0 atom stereocenters. The summed E-state index contributed by atoms with van der Waals surface area (Å²) in [5.74, 6) is 1.35. The minimum atomic E-state index is -0.171. The summed E-state index contributed by atoms with van der Waals surface area (Å²) in [4.78, 5) is 23.9. The molecule has 3 aromatic heterocycles. The van der Waals surface area contributed by atoms with E-state index in [4.69, 9.17) is 5.10 Å². The van der Waals surface area contributed by atoms with Crippen molar-refractivity contribution in [2.75, 3.05) is 18.4 Å². The van der Waals surface area contributed by atoms with Gasteiger partial charge in [0.1, 0.15) is 12.1 Å². The quantitative estimate of drug-likeness (QED) is 0.383. The number of amides is 1. The monoisotopic (exact) mass is 513 g/mol. The van der Waals surface area contributed by atoms with Crippen LogP contribution in [0.3, 0.4) is 0 Å². The normalized spacial score (nSPS) is 13.8. The Bertz CT molecular complexity index is 1450. The number of benzene rings is 1. The molecule has 0 aliphatic carbocycles. The summed E-state index contributed by atoms with van der Waals surface area (Å²) in [7, 11) is 0. The zero-order valence-electron chi connectivity index (χ0n) is 22.7. The molecule has 0 radical (unpaired) electrons. The molecule has 0 fully saturated rings. The number of rotatable bonds is 7. The number of aryl methyl sites for hydroxylation is 1. The van der Waals surface area contributed by atoms with Crippen molar-refractivity contribution in [1.82, 2.24) is 39.7 Å². The maximum absolute atomic E-state index is 12.6. The van der Waals surface area contributed by atoms with Gasteiger partial charge in [0.15, 0.2) is 5.82 Å². The Hall–Kier alpha value is -4.05. The molecule has 10 nitrogen and oxygen atoms in total. The lowest BCUT2D eigenvalue weighted by Crippen LogP contribution is -2.33. The van der Waals surface area contributed by atoms with Gasteiger partial charge in [0.05, 0.1) is 35.2 Å². The molecule has 1 amide bonds. The lowest BCUT2D eigenvalue weighted by molar-refractivity contribution is 0.0950. The van der Waals surface area contributed by atoms with E-state index in [9.17, 15) is 4.79 Å². The molecule has 5 rings (SSSR count). The number of likely N-dealkylation sites (N-methyl/N-ethyl adjacent to an activating group) is 1. The summed E-state index contributed by atoms with van der Waals surface area (Å²) in [6.45, 7) is 14.7. The molecule has 4 aromatic rings. The van der Waals surface area contributed by atoms with E-state index in [-0.39, 0.29) is 11.4 Å². The van der Waals surface area contributed by atoms with E-state index in [0.717, 1.165) is 54.4 Å². The van der Waals surface area contributed by atoms with E-state index in [1.165, 1.54) is 5.69 Å². The standard InChI is InChI=1S/C28H35N9O/c1-6-35-9-10-36-23(17-35)12-26(34-36)33-25-13-24(30-18-31-25)20-7-8-21(19(2)11-20)14-29-27(38)22-15-32-37(16-22)28(3,4)5/h7-8,11-13,15-16,18H,6,9-10,14,17H2,1-5H3,(H,29,38)(H,30,31,33,34). The van der Waals surface area contributed by atoms with Crippen LogP contribution >= 0.6 is 0 Å². The van der Waals surface area contributed by atoms with Crippen LogP contribution < -0.4 is 10.6 Å². The first-order chi connectivity index (χ1) is 18.2. The number of anilines is 2. The highest BCUT2D eigenvalue weighted by Gasteiger charge is 2.18. The van der Waals surface area contributed by atoms with Crippen LogP contribution in [0.15, 0.2) is 49.1 Å². The van der Waals surface area contributed by atoms with Gasteiger partial charge in [0.2, 0.25) is 0 Å². The average molecular weight is 514 g/mol. The molecule has 10 heteroatoms. The molecule has 1 aliphatic rings. The third-order valence-electron chi connectivity index (χ3n) is 6.86. The highest BCUT2D eigenvalue weighted by Crippen LogP contribution is 2.24. The second-order valence-corrected chi connectivity index (χ2v) is 10.7. The zero-order valence-corrected chi connectivity index (χ0v) is 22.7. The van der Waals surface area contributed by atoms with Gasteiger partial charge in [-0.05, 0) is 51.4 Å². The van der Waals surface area contributed by atoms with Gasteiger partial charge in [0, 0.05) is 43.5 Å². The van der Waals surface area contributed by atoms with Gasteiger partial charge in [-0.2, -0.15) is 10.2 Å². The SMILES string of the molecule is CCN1CCn2nc(Nc3cc(-c4ccc(CNC(=O)c5cnn(C(C)(C)C)c5)c(C)c4)ncn3)cc2C1. The van der Waals surface area contributed by atoms with Crippen molar-refractivity contribution < 1.29 is 4.79 Å². The van der Waals surface area contributed by atoms with Crippen molar-refractivity contribution in [2.45, 2.75) is 59.8 Å². The van der Waals surface area contributed by atoms with E-state index in [0.29, 0.717) is 17.9 Å². The van der Waals surface area contributed by atoms with Crippen molar-refractivity contribution >= 4 is 17.5 Å². The Morgan fingerprint density at radius 1 is 1.08 bits per heavy atom. The van der Waals surface area contributed by atoms with Crippen LogP contribution in [0.4, 0.5) is 11.6 Å². The molecule has 198 valence electrons.